The molecule has 29 heavy (non-hydrogen) atoms. The fraction of sp³-hybridized carbons (Fsp3) is 0.421. The quantitative estimate of drug-likeness (QED) is 0.595. The van der Waals surface area contributed by atoms with E-state index in [-0.39, 0.29) is 34.7 Å². The van der Waals surface area contributed by atoms with Crippen molar-refractivity contribution in [2.75, 3.05) is 5.32 Å². The number of aromatic nitrogens is 5. The zero-order chi connectivity index (χ0) is 20.1. The molecule has 6 rings (SSSR count). The van der Waals surface area contributed by atoms with E-state index in [4.69, 9.17) is 11.6 Å². The first-order valence-corrected chi connectivity index (χ1v) is 9.91. The van der Waals surface area contributed by atoms with Gasteiger partial charge in [-0.3, -0.25) is 4.79 Å². The third-order valence-electron chi connectivity index (χ3n) is 6.14. The summed E-state index contributed by atoms with van der Waals surface area (Å²) in [4.78, 5) is 31.7. The third-order valence-corrected chi connectivity index (χ3v) is 6.33. The summed E-state index contributed by atoms with van der Waals surface area (Å²) in [5.41, 5.74) is 1.54. The summed E-state index contributed by atoms with van der Waals surface area (Å²) in [5, 5.41) is 13.0. The lowest BCUT2D eigenvalue weighted by molar-refractivity contribution is -0.148. The number of hydrogen-bond donors (Lipinski definition) is 3. The van der Waals surface area contributed by atoms with E-state index in [0.717, 1.165) is 31.9 Å². The first kappa shape index (κ1) is 18.2. The second kappa shape index (κ2) is 6.91. The highest BCUT2D eigenvalue weighted by Crippen LogP contribution is 2.46. The highest BCUT2D eigenvalue weighted by atomic mass is 35.5. The number of rotatable bonds is 4. The first-order chi connectivity index (χ1) is 14.0. The summed E-state index contributed by atoms with van der Waals surface area (Å²) >= 11 is 5.95. The number of carboxylic acid groups (broad SMARTS) is 1. The van der Waals surface area contributed by atoms with Crippen molar-refractivity contribution in [3.63, 3.8) is 0 Å². The maximum Gasteiger partial charge on any atom is 0.308 e. The molecular formula is C19H18ClFN6O2. The molecule has 2 unspecified atom stereocenters. The van der Waals surface area contributed by atoms with Crippen molar-refractivity contribution < 1.29 is 14.3 Å². The van der Waals surface area contributed by atoms with Gasteiger partial charge in [-0.2, -0.15) is 0 Å². The Morgan fingerprint density at radius 2 is 1.93 bits per heavy atom. The van der Waals surface area contributed by atoms with Gasteiger partial charge in [0.25, 0.3) is 0 Å². The topological polar surface area (TPSA) is 117 Å². The van der Waals surface area contributed by atoms with Gasteiger partial charge in [0.05, 0.1) is 23.9 Å². The van der Waals surface area contributed by atoms with Crippen molar-refractivity contribution in [1.29, 1.82) is 0 Å². The van der Waals surface area contributed by atoms with Gasteiger partial charge in [-0.1, -0.05) is 11.6 Å². The lowest BCUT2D eigenvalue weighted by Gasteiger charge is -2.47. The molecular weight excluding hydrogens is 399 g/mol. The number of H-pyrrole nitrogens is 1. The predicted molar refractivity (Wildman–Crippen MR) is 104 cm³/mol. The Labute approximate surface area is 170 Å². The van der Waals surface area contributed by atoms with Crippen LogP contribution in [0.1, 0.15) is 25.7 Å². The van der Waals surface area contributed by atoms with Crippen molar-refractivity contribution >= 4 is 34.6 Å². The van der Waals surface area contributed by atoms with Crippen molar-refractivity contribution in [3.05, 3.63) is 29.6 Å². The van der Waals surface area contributed by atoms with Crippen LogP contribution in [-0.4, -0.2) is 42.0 Å². The zero-order valence-electron chi connectivity index (χ0n) is 15.3. The summed E-state index contributed by atoms with van der Waals surface area (Å²) in [6.45, 7) is 0. The van der Waals surface area contributed by atoms with Gasteiger partial charge in [0.2, 0.25) is 0 Å². The van der Waals surface area contributed by atoms with Crippen molar-refractivity contribution in [3.8, 4) is 11.4 Å². The molecule has 3 fully saturated rings. The second-order valence-electron chi connectivity index (χ2n) is 7.69. The minimum atomic E-state index is -0.840. The molecule has 8 nitrogen and oxygen atoms in total. The van der Waals surface area contributed by atoms with Gasteiger partial charge in [-0.05, 0) is 37.5 Å². The molecule has 2 bridgehead atoms. The molecule has 3 aromatic rings. The molecule has 10 heteroatoms. The summed E-state index contributed by atoms with van der Waals surface area (Å²) < 4.78 is 14.5. The average molecular weight is 417 g/mol. The van der Waals surface area contributed by atoms with Crippen LogP contribution in [0.15, 0.2) is 18.6 Å². The van der Waals surface area contributed by atoms with Crippen LogP contribution in [-0.2, 0) is 4.79 Å². The second-order valence-corrected chi connectivity index (χ2v) is 8.08. The van der Waals surface area contributed by atoms with Crippen molar-refractivity contribution in [2.45, 2.75) is 31.7 Å². The molecule has 3 N–H and O–H groups in total. The molecule has 3 heterocycles. The Kier molecular flexibility index (Phi) is 4.34. The van der Waals surface area contributed by atoms with Gasteiger partial charge in [0, 0.05) is 12.2 Å². The fourth-order valence-electron chi connectivity index (χ4n) is 4.81. The van der Waals surface area contributed by atoms with Gasteiger partial charge < -0.3 is 15.4 Å². The predicted octanol–water partition coefficient (Wildman–Crippen LogP) is 3.51. The maximum atomic E-state index is 14.5. The fourth-order valence-corrected chi connectivity index (χ4v) is 4.94. The molecule has 3 saturated carbocycles. The van der Waals surface area contributed by atoms with E-state index >= 15 is 0 Å². The summed E-state index contributed by atoms with van der Waals surface area (Å²) in [7, 11) is 0. The number of anilines is 1. The van der Waals surface area contributed by atoms with Gasteiger partial charge in [0.1, 0.15) is 10.7 Å². The molecule has 0 amide bonds. The molecule has 3 aliphatic carbocycles. The normalized spacial score (nSPS) is 26.0. The van der Waals surface area contributed by atoms with Crippen LogP contribution in [0, 0.1) is 23.6 Å². The van der Waals surface area contributed by atoms with E-state index in [0.29, 0.717) is 16.7 Å². The molecule has 3 aromatic heterocycles. The minimum absolute atomic E-state index is 0.00290. The van der Waals surface area contributed by atoms with Crippen molar-refractivity contribution in [2.24, 2.45) is 17.8 Å². The molecule has 3 aliphatic rings. The van der Waals surface area contributed by atoms with Crippen LogP contribution >= 0.6 is 11.6 Å². The zero-order valence-corrected chi connectivity index (χ0v) is 16.0. The lowest BCUT2D eigenvalue weighted by Crippen LogP contribution is -2.51. The smallest absolute Gasteiger partial charge is 0.308 e. The minimum Gasteiger partial charge on any atom is -0.481 e. The molecule has 0 spiro atoms. The number of nitrogens with zero attached hydrogens (tertiary/aromatic N) is 4. The van der Waals surface area contributed by atoms with E-state index in [9.17, 15) is 14.3 Å². The lowest BCUT2D eigenvalue weighted by atomic mass is 9.61. The molecule has 0 aromatic carbocycles. The first-order valence-electron chi connectivity index (χ1n) is 9.53. The largest absolute Gasteiger partial charge is 0.481 e. The SMILES string of the molecule is O=C(O)C1C2CCC(CC2)C1Nc1nc(-c2c[nH]c3ncc(Cl)nc23)ncc1F. The number of nitrogens with one attached hydrogen (secondary N) is 2. The van der Waals surface area contributed by atoms with E-state index in [1.807, 2.05) is 0 Å². The number of fused-ring (bicyclic) bond motifs is 4. The Morgan fingerprint density at radius 1 is 1.17 bits per heavy atom. The molecule has 0 radical (unpaired) electrons. The van der Waals surface area contributed by atoms with Crippen LogP contribution in [0.4, 0.5) is 10.2 Å². The highest BCUT2D eigenvalue weighted by Gasteiger charge is 2.47. The number of aromatic amines is 1. The number of carboxylic acids is 1. The molecule has 0 saturated heterocycles. The van der Waals surface area contributed by atoms with Crippen LogP contribution in [0.5, 0.6) is 0 Å². The summed E-state index contributed by atoms with van der Waals surface area (Å²) in [6.07, 6.45) is 7.86. The van der Waals surface area contributed by atoms with Crippen LogP contribution in [0.25, 0.3) is 22.6 Å². The third kappa shape index (κ3) is 3.09. The van der Waals surface area contributed by atoms with Gasteiger partial charge in [-0.25, -0.2) is 24.3 Å². The standard InChI is InChI=1S/C19H18ClFN6O2/c20-12-7-24-18-15(25-12)10(5-22-18)16-23-6-11(21)17(27-16)26-14-9-3-1-8(2-4-9)13(14)19(28)29/h5-9,13-14H,1-4H2,(H,22,24)(H,28,29)(H,23,26,27). The summed E-state index contributed by atoms with van der Waals surface area (Å²) in [5.74, 6) is -1.44. The maximum absolute atomic E-state index is 14.5. The number of halogens is 2. The Morgan fingerprint density at radius 3 is 2.69 bits per heavy atom. The Hall–Kier alpha value is -2.81. The van der Waals surface area contributed by atoms with Gasteiger partial charge >= 0.3 is 5.97 Å². The average Bonchev–Trinajstić information content (AvgIpc) is 3.13. The van der Waals surface area contributed by atoms with E-state index in [2.05, 4.69) is 30.2 Å². The van der Waals surface area contributed by atoms with E-state index < -0.39 is 17.7 Å². The number of carbonyl (C=O) groups is 1. The van der Waals surface area contributed by atoms with Crippen LogP contribution in [0.3, 0.4) is 0 Å². The molecule has 0 aliphatic heterocycles. The number of aliphatic carboxylic acids is 1. The number of hydrogen-bond acceptors (Lipinski definition) is 6. The molecule has 150 valence electrons. The van der Waals surface area contributed by atoms with Gasteiger partial charge in [-0.15, -0.1) is 0 Å². The van der Waals surface area contributed by atoms with Crippen LogP contribution in [0.2, 0.25) is 5.15 Å². The van der Waals surface area contributed by atoms with E-state index in [1.54, 1.807) is 6.20 Å². The summed E-state index contributed by atoms with van der Waals surface area (Å²) in [6, 6.07) is -0.352. The Balaban J connectivity index is 1.51. The van der Waals surface area contributed by atoms with Gasteiger partial charge in [0.15, 0.2) is 23.1 Å². The van der Waals surface area contributed by atoms with Crippen LogP contribution < -0.4 is 5.32 Å². The highest BCUT2D eigenvalue weighted by molar-refractivity contribution is 6.29. The van der Waals surface area contributed by atoms with Crippen molar-refractivity contribution in [1.82, 2.24) is 24.9 Å². The Bertz CT molecular complexity index is 1100. The monoisotopic (exact) mass is 416 g/mol. The molecule has 2 atom stereocenters. The van der Waals surface area contributed by atoms with E-state index in [1.165, 1.54) is 6.20 Å².